The lowest BCUT2D eigenvalue weighted by Crippen LogP contribution is -2.45. The van der Waals surface area contributed by atoms with Crippen LogP contribution in [0.15, 0.2) is 24.3 Å². The second kappa shape index (κ2) is 4.76. The molecule has 1 atom stereocenters. The molecule has 1 unspecified atom stereocenters. The molecule has 16 heavy (non-hydrogen) atoms. The smallest absolute Gasteiger partial charge is 0.329 e. The summed E-state index contributed by atoms with van der Waals surface area (Å²) in [6, 6.07) is 2.97. The normalized spacial score (nSPS) is 13.3. The number of alkyl halides is 2. The van der Waals surface area contributed by atoms with Crippen LogP contribution in [0.5, 0.6) is 0 Å². The Labute approximate surface area is 96.1 Å². The van der Waals surface area contributed by atoms with Crippen LogP contribution in [0.1, 0.15) is 5.56 Å². The van der Waals surface area contributed by atoms with Gasteiger partial charge in [0.2, 0.25) is 0 Å². The lowest BCUT2D eigenvalue weighted by molar-refractivity contribution is -0.153. The molecule has 0 radical (unpaired) electrons. The second-order valence-electron chi connectivity index (χ2n) is 3.13. The monoisotopic (exact) mass is 249 g/mol. The maximum Gasteiger partial charge on any atom is 0.329 e. The molecule has 88 valence electrons. The van der Waals surface area contributed by atoms with Gasteiger partial charge >= 0.3 is 5.97 Å². The Kier molecular flexibility index (Phi) is 3.83. The zero-order chi connectivity index (χ0) is 12.3. The first-order valence-electron chi connectivity index (χ1n) is 4.37. The summed E-state index contributed by atoms with van der Waals surface area (Å²) in [6.45, 7) is 0. The summed E-state index contributed by atoms with van der Waals surface area (Å²) in [5.41, 5.74) is 4.70. The van der Waals surface area contributed by atoms with E-state index in [1.54, 1.807) is 0 Å². The Balaban J connectivity index is 3.05. The van der Waals surface area contributed by atoms with Crippen molar-refractivity contribution in [1.29, 1.82) is 0 Å². The van der Waals surface area contributed by atoms with Gasteiger partial charge in [0.05, 0.1) is 7.11 Å². The molecule has 6 heteroatoms. The zero-order valence-corrected chi connectivity index (χ0v) is 9.17. The molecular weight excluding hydrogens is 240 g/mol. The van der Waals surface area contributed by atoms with Crippen LogP contribution in [-0.2, 0) is 15.5 Å². The number of rotatable bonds is 3. The summed E-state index contributed by atoms with van der Waals surface area (Å²) < 4.78 is 31.5. The number of nitrogens with two attached hydrogens (primary N) is 1. The molecule has 0 saturated heterocycles. The minimum atomic E-state index is -3.52. The Morgan fingerprint density at radius 1 is 1.56 bits per heavy atom. The third kappa shape index (κ3) is 2.48. The van der Waals surface area contributed by atoms with Gasteiger partial charge < -0.3 is 10.5 Å². The first kappa shape index (κ1) is 12.9. The van der Waals surface area contributed by atoms with Gasteiger partial charge in [-0.15, -0.1) is 0 Å². The van der Waals surface area contributed by atoms with Crippen LogP contribution in [0.3, 0.4) is 0 Å². The standard InChI is InChI=1S/C10H10ClF2NO2/c1-16-9(15)8(14)10(12,13)6-3-2-4-7(11)5-6/h2-5,8H,14H2,1H3. The number of carbonyl (C=O) groups is 1. The Morgan fingerprint density at radius 3 is 2.69 bits per heavy atom. The van der Waals surface area contributed by atoms with Crippen LogP contribution >= 0.6 is 11.6 Å². The molecule has 0 amide bonds. The number of esters is 1. The van der Waals surface area contributed by atoms with E-state index in [4.69, 9.17) is 17.3 Å². The molecule has 0 spiro atoms. The van der Waals surface area contributed by atoms with E-state index in [9.17, 15) is 13.6 Å². The number of benzene rings is 1. The molecule has 3 nitrogen and oxygen atoms in total. The quantitative estimate of drug-likeness (QED) is 0.833. The second-order valence-corrected chi connectivity index (χ2v) is 3.57. The van der Waals surface area contributed by atoms with Gasteiger partial charge in [-0.2, -0.15) is 8.78 Å². The molecule has 0 fully saturated rings. The van der Waals surface area contributed by atoms with Crippen LogP contribution in [0.25, 0.3) is 0 Å². The van der Waals surface area contributed by atoms with Crippen molar-refractivity contribution in [3.8, 4) is 0 Å². The van der Waals surface area contributed by atoms with Gasteiger partial charge in [0.25, 0.3) is 5.92 Å². The third-order valence-electron chi connectivity index (χ3n) is 2.06. The van der Waals surface area contributed by atoms with Crippen molar-refractivity contribution in [2.24, 2.45) is 5.73 Å². The average molecular weight is 250 g/mol. The molecule has 0 bridgehead atoms. The SMILES string of the molecule is COC(=O)C(N)C(F)(F)c1cccc(Cl)c1. The summed E-state index contributed by atoms with van der Waals surface area (Å²) >= 11 is 5.58. The van der Waals surface area contributed by atoms with Crippen molar-refractivity contribution in [3.05, 3.63) is 34.9 Å². The highest BCUT2D eigenvalue weighted by Gasteiger charge is 2.44. The summed E-state index contributed by atoms with van der Waals surface area (Å²) in [6.07, 6.45) is 0. The first-order chi connectivity index (χ1) is 7.39. The molecule has 1 aromatic rings. The maximum atomic E-state index is 13.7. The van der Waals surface area contributed by atoms with Crippen molar-refractivity contribution in [1.82, 2.24) is 0 Å². The maximum absolute atomic E-state index is 13.7. The summed E-state index contributed by atoms with van der Waals surface area (Å²) in [4.78, 5) is 11.0. The van der Waals surface area contributed by atoms with Gasteiger partial charge in [-0.05, 0) is 12.1 Å². The van der Waals surface area contributed by atoms with Crippen molar-refractivity contribution in [2.75, 3.05) is 7.11 Å². The lowest BCUT2D eigenvalue weighted by atomic mass is 10.0. The molecule has 0 aliphatic carbocycles. The highest BCUT2D eigenvalue weighted by atomic mass is 35.5. The number of methoxy groups -OCH3 is 1. The number of ether oxygens (including phenoxy) is 1. The van der Waals surface area contributed by atoms with E-state index >= 15 is 0 Å². The van der Waals surface area contributed by atoms with Gasteiger partial charge in [-0.1, -0.05) is 23.7 Å². The highest BCUT2D eigenvalue weighted by molar-refractivity contribution is 6.30. The topological polar surface area (TPSA) is 52.3 Å². The summed E-state index contributed by atoms with van der Waals surface area (Å²) in [7, 11) is 0.996. The summed E-state index contributed by atoms with van der Waals surface area (Å²) in [5.74, 6) is -4.69. The van der Waals surface area contributed by atoms with E-state index in [1.807, 2.05) is 0 Å². The molecule has 0 aliphatic heterocycles. The fraction of sp³-hybridized carbons (Fsp3) is 0.300. The highest BCUT2D eigenvalue weighted by Crippen LogP contribution is 2.32. The van der Waals surface area contributed by atoms with Gasteiger partial charge in [-0.25, -0.2) is 0 Å². The van der Waals surface area contributed by atoms with E-state index < -0.39 is 23.5 Å². The van der Waals surface area contributed by atoms with Crippen LogP contribution in [0.4, 0.5) is 8.78 Å². The molecule has 0 aliphatic rings. The van der Waals surface area contributed by atoms with Crippen molar-refractivity contribution in [2.45, 2.75) is 12.0 Å². The van der Waals surface area contributed by atoms with Gasteiger partial charge in [-0.3, -0.25) is 4.79 Å². The van der Waals surface area contributed by atoms with Crippen molar-refractivity contribution >= 4 is 17.6 Å². The minimum absolute atomic E-state index is 0.147. The van der Waals surface area contributed by atoms with Gasteiger partial charge in [0, 0.05) is 10.6 Å². The summed E-state index contributed by atoms with van der Waals surface area (Å²) in [5, 5.41) is 0.147. The fourth-order valence-electron chi connectivity index (χ4n) is 1.15. The van der Waals surface area contributed by atoms with E-state index in [1.165, 1.54) is 12.1 Å². The molecule has 0 heterocycles. The first-order valence-corrected chi connectivity index (χ1v) is 4.74. The van der Waals surface area contributed by atoms with Crippen LogP contribution in [0.2, 0.25) is 5.02 Å². The van der Waals surface area contributed by atoms with E-state index in [2.05, 4.69) is 4.74 Å². The predicted molar refractivity (Wildman–Crippen MR) is 55.3 cm³/mol. The zero-order valence-electron chi connectivity index (χ0n) is 8.41. The van der Waals surface area contributed by atoms with E-state index in [-0.39, 0.29) is 5.02 Å². The Bertz CT molecular complexity index is 398. The molecule has 0 aromatic heterocycles. The number of hydrogen-bond acceptors (Lipinski definition) is 3. The average Bonchev–Trinajstić information content (AvgIpc) is 2.27. The Morgan fingerprint density at radius 2 is 2.19 bits per heavy atom. The number of carbonyl (C=O) groups excluding carboxylic acids is 1. The van der Waals surface area contributed by atoms with Gasteiger partial charge in [0.1, 0.15) is 0 Å². The molecule has 0 saturated carbocycles. The molecule has 1 rings (SSSR count). The van der Waals surface area contributed by atoms with E-state index in [0.717, 1.165) is 19.2 Å². The minimum Gasteiger partial charge on any atom is -0.468 e. The number of hydrogen-bond donors (Lipinski definition) is 1. The van der Waals surface area contributed by atoms with Crippen molar-refractivity contribution in [3.63, 3.8) is 0 Å². The molecule has 2 N–H and O–H groups in total. The largest absolute Gasteiger partial charge is 0.468 e. The lowest BCUT2D eigenvalue weighted by Gasteiger charge is -2.21. The van der Waals surface area contributed by atoms with Crippen LogP contribution in [0, 0.1) is 0 Å². The molecular formula is C10H10ClF2NO2. The van der Waals surface area contributed by atoms with Crippen molar-refractivity contribution < 1.29 is 18.3 Å². The van der Waals surface area contributed by atoms with Gasteiger partial charge in [0.15, 0.2) is 6.04 Å². The fourth-order valence-corrected chi connectivity index (χ4v) is 1.34. The van der Waals surface area contributed by atoms with Crippen LogP contribution < -0.4 is 5.73 Å². The van der Waals surface area contributed by atoms with Crippen LogP contribution in [-0.4, -0.2) is 19.1 Å². The molecule has 1 aromatic carbocycles. The predicted octanol–water partition coefficient (Wildman–Crippen LogP) is 1.93. The third-order valence-corrected chi connectivity index (χ3v) is 2.29. The number of halogens is 3. The Hall–Kier alpha value is -1.20. The van der Waals surface area contributed by atoms with E-state index in [0.29, 0.717) is 0 Å².